The summed E-state index contributed by atoms with van der Waals surface area (Å²) in [5.74, 6) is 0.374. The van der Waals surface area contributed by atoms with Gasteiger partial charge in [0.05, 0.1) is 25.4 Å². The van der Waals surface area contributed by atoms with Gasteiger partial charge < -0.3 is 24.3 Å². The minimum absolute atomic E-state index is 0.0768. The van der Waals surface area contributed by atoms with Gasteiger partial charge in [-0.15, -0.1) is 0 Å². The van der Waals surface area contributed by atoms with E-state index in [1.54, 1.807) is 26.4 Å². The Morgan fingerprint density at radius 3 is 2.79 bits per heavy atom. The summed E-state index contributed by atoms with van der Waals surface area (Å²) >= 11 is 6.17. The lowest BCUT2D eigenvalue weighted by Gasteiger charge is -2.21. The van der Waals surface area contributed by atoms with Crippen molar-refractivity contribution in [2.24, 2.45) is 0 Å². The molecule has 2 heterocycles. The van der Waals surface area contributed by atoms with Crippen LogP contribution >= 0.6 is 11.6 Å². The number of nitriles is 1. The number of nitrogens with one attached hydrogen (secondary N) is 1. The molecule has 8 heteroatoms. The van der Waals surface area contributed by atoms with E-state index < -0.39 is 0 Å². The lowest BCUT2D eigenvalue weighted by atomic mass is 10.1. The minimum Gasteiger partial charge on any atom is -0.495 e. The molecule has 2 unspecified atom stereocenters. The first-order valence-corrected chi connectivity index (χ1v) is 11.3. The summed E-state index contributed by atoms with van der Waals surface area (Å²) in [6.45, 7) is 8.04. The van der Waals surface area contributed by atoms with Gasteiger partial charge in [-0.3, -0.25) is 4.79 Å². The van der Waals surface area contributed by atoms with Crippen molar-refractivity contribution in [1.82, 2.24) is 9.88 Å². The number of nitrogens with zero attached hydrogens (tertiary/aromatic N) is 3. The molecule has 2 atom stereocenters. The van der Waals surface area contributed by atoms with Crippen LogP contribution in [0.5, 0.6) is 5.75 Å². The number of halogens is 1. The molecule has 7 nitrogen and oxygen atoms in total. The molecule has 1 aromatic heterocycles. The van der Waals surface area contributed by atoms with Gasteiger partial charge in [-0.2, -0.15) is 5.26 Å². The first kappa shape index (κ1) is 24.7. The van der Waals surface area contributed by atoms with Crippen molar-refractivity contribution in [3.63, 3.8) is 0 Å². The van der Waals surface area contributed by atoms with Gasteiger partial charge in [0.2, 0.25) is 0 Å². The van der Waals surface area contributed by atoms with E-state index in [4.69, 9.17) is 21.1 Å². The molecule has 176 valence electrons. The zero-order valence-corrected chi connectivity index (χ0v) is 20.6. The van der Waals surface area contributed by atoms with Crippen LogP contribution in [0.2, 0.25) is 5.02 Å². The van der Waals surface area contributed by atoms with Crippen molar-refractivity contribution in [1.29, 1.82) is 5.26 Å². The number of benzene rings is 1. The van der Waals surface area contributed by atoms with Crippen LogP contribution in [0, 0.1) is 25.2 Å². The van der Waals surface area contributed by atoms with Gasteiger partial charge in [0, 0.05) is 42.7 Å². The Hall–Kier alpha value is -2.95. The highest BCUT2D eigenvalue weighted by atomic mass is 35.5. The van der Waals surface area contributed by atoms with Gasteiger partial charge in [-0.1, -0.05) is 11.6 Å². The molecule has 1 amide bonds. The van der Waals surface area contributed by atoms with Crippen LogP contribution in [0.1, 0.15) is 36.3 Å². The highest BCUT2D eigenvalue weighted by Crippen LogP contribution is 2.33. The lowest BCUT2D eigenvalue weighted by molar-refractivity contribution is -0.117. The maximum Gasteiger partial charge on any atom is 0.262 e. The lowest BCUT2D eigenvalue weighted by Crippen LogP contribution is -2.37. The fourth-order valence-corrected chi connectivity index (χ4v) is 4.68. The van der Waals surface area contributed by atoms with Crippen LogP contribution in [-0.4, -0.2) is 50.4 Å². The second-order valence-electron chi connectivity index (χ2n) is 8.39. The highest BCUT2D eigenvalue weighted by Gasteiger charge is 2.27. The Morgan fingerprint density at radius 2 is 2.12 bits per heavy atom. The molecule has 2 aromatic rings. The zero-order valence-electron chi connectivity index (χ0n) is 19.8. The summed E-state index contributed by atoms with van der Waals surface area (Å²) in [4.78, 5) is 15.0. The number of aryl methyl sites for hydroxylation is 1. The van der Waals surface area contributed by atoms with Crippen LogP contribution in [0.3, 0.4) is 0 Å². The number of carbonyl (C=O) groups excluding carboxylic acids is 1. The van der Waals surface area contributed by atoms with E-state index in [0.717, 1.165) is 41.4 Å². The third-order valence-corrected chi connectivity index (χ3v) is 6.28. The van der Waals surface area contributed by atoms with Gasteiger partial charge in [-0.25, -0.2) is 0 Å². The third kappa shape index (κ3) is 5.52. The van der Waals surface area contributed by atoms with E-state index in [2.05, 4.69) is 27.8 Å². The molecule has 1 aliphatic heterocycles. The summed E-state index contributed by atoms with van der Waals surface area (Å²) in [7, 11) is 3.30. The molecule has 1 fully saturated rings. The van der Waals surface area contributed by atoms with Gasteiger partial charge in [-0.05, 0) is 63.1 Å². The van der Waals surface area contributed by atoms with Crippen LogP contribution in [-0.2, 0) is 9.53 Å². The normalized spacial score (nSPS) is 17.1. The molecule has 1 saturated heterocycles. The first-order valence-electron chi connectivity index (χ1n) is 11.0. The molecule has 1 aliphatic rings. The summed E-state index contributed by atoms with van der Waals surface area (Å²) in [6, 6.07) is 9.63. The van der Waals surface area contributed by atoms with Crippen molar-refractivity contribution in [2.45, 2.75) is 39.3 Å². The SMILES string of the molecule is COCC(C)n1c(C)cc(/C=C(/C#N)C(=O)NC2CCN(c3cc(Cl)ccc3OC)C2)c1C. The molecular formula is C25H31ClN4O3. The molecule has 3 rings (SSSR count). The number of methoxy groups -OCH3 is 2. The standard InChI is InChI=1S/C25H31ClN4O3/c1-16-10-19(18(3)30(16)17(2)15-32-4)11-20(13-27)25(31)28-22-8-9-29(14-22)23-12-21(26)6-7-24(23)33-5/h6-7,10-12,17,22H,8-9,14-15H2,1-5H3,(H,28,31)/b20-11-. The predicted octanol–water partition coefficient (Wildman–Crippen LogP) is 4.28. The summed E-state index contributed by atoms with van der Waals surface area (Å²) in [5, 5.41) is 13.3. The number of anilines is 1. The first-order chi connectivity index (χ1) is 15.8. The average Bonchev–Trinajstić information content (AvgIpc) is 3.35. The Morgan fingerprint density at radius 1 is 1.36 bits per heavy atom. The Bertz CT molecular complexity index is 1090. The van der Waals surface area contributed by atoms with E-state index >= 15 is 0 Å². The number of carbonyl (C=O) groups is 1. The number of rotatable bonds is 8. The number of amides is 1. The van der Waals surface area contributed by atoms with Gasteiger partial charge >= 0.3 is 0 Å². The minimum atomic E-state index is -0.364. The van der Waals surface area contributed by atoms with Gasteiger partial charge in [0.15, 0.2) is 0 Å². The Labute approximate surface area is 200 Å². The Kier molecular flexibility index (Phi) is 8.06. The van der Waals surface area contributed by atoms with Crippen LogP contribution in [0.15, 0.2) is 29.8 Å². The smallest absolute Gasteiger partial charge is 0.262 e. The van der Waals surface area contributed by atoms with Crippen molar-refractivity contribution < 1.29 is 14.3 Å². The van der Waals surface area contributed by atoms with Crippen molar-refractivity contribution in [3.8, 4) is 11.8 Å². The number of hydrogen-bond acceptors (Lipinski definition) is 5. The highest BCUT2D eigenvalue weighted by molar-refractivity contribution is 6.31. The Balaban J connectivity index is 1.73. The number of ether oxygens (including phenoxy) is 2. The quantitative estimate of drug-likeness (QED) is 0.460. The summed E-state index contributed by atoms with van der Waals surface area (Å²) in [5.41, 5.74) is 3.91. The van der Waals surface area contributed by atoms with Crippen molar-refractivity contribution >= 4 is 29.3 Å². The monoisotopic (exact) mass is 470 g/mol. The molecule has 0 bridgehead atoms. The largest absolute Gasteiger partial charge is 0.495 e. The second kappa shape index (κ2) is 10.8. The molecule has 0 radical (unpaired) electrons. The second-order valence-corrected chi connectivity index (χ2v) is 8.83. The zero-order chi connectivity index (χ0) is 24.1. The molecule has 0 spiro atoms. The maximum absolute atomic E-state index is 12.9. The van der Waals surface area contributed by atoms with E-state index in [1.165, 1.54) is 0 Å². The molecule has 1 N–H and O–H groups in total. The molecule has 1 aromatic carbocycles. The van der Waals surface area contributed by atoms with Crippen LogP contribution in [0.25, 0.3) is 6.08 Å². The molecule has 33 heavy (non-hydrogen) atoms. The van der Waals surface area contributed by atoms with Crippen molar-refractivity contribution in [2.75, 3.05) is 38.8 Å². The van der Waals surface area contributed by atoms with Crippen LogP contribution < -0.4 is 15.0 Å². The molecule has 0 saturated carbocycles. The van der Waals surface area contributed by atoms with Gasteiger partial charge in [0.25, 0.3) is 5.91 Å². The van der Waals surface area contributed by atoms with Crippen molar-refractivity contribution in [3.05, 3.63) is 51.8 Å². The molecule has 0 aliphatic carbocycles. The summed E-state index contributed by atoms with van der Waals surface area (Å²) < 4.78 is 12.9. The average molecular weight is 471 g/mol. The fourth-order valence-electron chi connectivity index (χ4n) is 4.52. The van der Waals surface area contributed by atoms with E-state index in [-0.39, 0.29) is 23.6 Å². The third-order valence-electron chi connectivity index (χ3n) is 6.04. The van der Waals surface area contributed by atoms with E-state index in [1.807, 2.05) is 32.0 Å². The summed E-state index contributed by atoms with van der Waals surface area (Å²) in [6.07, 6.45) is 2.43. The van der Waals surface area contributed by atoms with E-state index in [9.17, 15) is 10.1 Å². The van der Waals surface area contributed by atoms with Crippen LogP contribution in [0.4, 0.5) is 5.69 Å². The molecular weight excluding hydrogens is 440 g/mol. The topological polar surface area (TPSA) is 79.5 Å². The fraction of sp³-hybridized carbons (Fsp3) is 0.440. The predicted molar refractivity (Wildman–Crippen MR) is 131 cm³/mol. The van der Waals surface area contributed by atoms with E-state index in [0.29, 0.717) is 18.2 Å². The number of hydrogen-bond donors (Lipinski definition) is 1. The maximum atomic E-state index is 12.9. The van der Waals surface area contributed by atoms with Gasteiger partial charge in [0.1, 0.15) is 17.4 Å². The number of aromatic nitrogens is 1.